The molecule has 0 heterocycles. The SMILES string of the molecule is [C-]#[N+]/C(=C(/C#N)c1ccc(OCC)cc1)c1ccc(OCCCOC(=O)C=C)cc1. The van der Waals surface area contributed by atoms with Crippen LogP contribution in [0.25, 0.3) is 16.1 Å². The van der Waals surface area contributed by atoms with Crippen molar-refractivity contribution in [2.45, 2.75) is 13.3 Å². The molecule has 0 aromatic heterocycles. The molecule has 6 heteroatoms. The average Bonchev–Trinajstić information content (AvgIpc) is 2.78. The summed E-state index contributed by atoms with van der Waals surface area (Å²) < 4.78 is 15.9. The van der Waals surface area contributed by atoms with E-state index in [1.807, 2.05) is 6.92 Å². The van der Waals surface area contributed by atoms with Gasteiger partial charge in [-0.2, -0.15) is 5.26 Å². The average molecular weight is 402 g/mol. The Kier molecular flexibility index (Phi) is 8.71. The van der Waals surface area contributed by atoms with E-state index in [1.165, 1.54) is 0 Å². The minimum atomic E-state index is -0.460. The summed E-state index contributed by atoms with van der Waals surface area (Å²) in [6.07, 6.45) is 1.66. The van der Waals surface area contributed by atoms with Crippen molar-refractivity contribution in [3.8, 4) is 17.6 Å². The van der Waals surface area contributed by atoms with Gasteiger partial charge in [-0.1, -0.05) is 30.8 Å². The molecule has 0 aliphatic carbocycles. The third kappa shape index (κ3) is 6.25. The second-order valence-electron chi connectivity index (χ2n) is 6.00. The van der Waals surface area contributed by atoms with E-state index in [2.05, 4.69) is 17.5 Å². The number of benzene rings is 2. The van der Waals surface area contributed by atoms with E-state index in [0.29, 0.717) is 47.8 Å². The molecule has 0 saturated carbocycles. The van der Waals surface area contributed by atoms with Gasteiger partial charge >= 0.3 is 5.97 Å². The lowest BCUT2D eigenvalue weighted by Crippen LogP contribution is -2.06. The van der Waals surface area contributed by atoms with Gasteiger partial charge in [0.05, 0.1) is 38.0 Å². The minimum Gasteiger partial charge on any atom is -0.494 e. The van der Waals surface area contributed by atoms with Gasteiger partial charge in [0.2, 0.25) is 5.70 Å². The van der Waals surface area contributed by atoms with Crippen molar-refractivity contribution >= 4 is 17.2 Å². The van der Waals surface area contributed by atoms with E-state index >= 15 is 0 Å². The van der Waals surface area contributed by atoms with Gasteiger partial charge in [0.25, 0.3) is 0 Å². The third-order valence-corrected chi connectivity index (χ3v) is 4.01. The number of rotatable bonds is 10. The highest BCUT2D eigenvalue weighted by atomic mass is 16.5. The molecular weight excluding hydrogens is 380 g/mol. The second-order valence-corrected chi connectivity index (χ2v) is 6.00. The molecule has 6 nitrogen and oxygen atoms in total. The number of carbonyl (C=O) groups excluding carboxylic acids is 1. The van der Waals surface area contributed by atoms with Crippen molar-refractivity contribution in [2.24, 2.45) is 0 Å². The van der Waals surface area contributed by atoms with Crippen LogP contribution in [0.1, 0.15) is 24.5 Å². The summed E-state index contributed by atoms with van der Waals surface area (Å²) in [5.74, 6) is 0.875. The van der Waals surface area contributed by atoms with Crippen molar-refractivity contribution in [1.82, 2.24) is 0 Å². The predicted octanol–water partition coefficient (Wildman–Crippen LogP) is 4.89. The number of nitriles is 1. The number of ether oxygens (including phenoxy) is 3. The zero-order chi connectivity index (χ0) is 21.8. The molecule has 0 bridgehead atoms. The fourth-order valence-corrected chi connectivity index (χ4v) is 2.59. The van der Waals surface area contributed by atoms with Crippen molar-refractivity contribution in [2.75, 3.05) is 19.8 Å². The van der Waals surface area contributed by atoms with Crippen LogP contribution in [0.4, 0.5) is 0 Å². The Morgan fingerprint density at radius 1 is 1.07 bits per heavy atom. The fourth-order valence-electron chi connectivity index (χ4n) is 2.59. The number of allylic oxidation sites excluding steroid dienone is 1. The molecule has 0 aliphatic rings. The van der Waals surface area contributed by atoms with Crippen molar-refractivity contribution < 1.29 is 19.0 Å². The molecule has 0 fully saturated rings. The van der Waals surface area contributed by atoms with Gasteiger partial charge < -0.3 is 14.2 Å². The van der Waals surface area contributed by atoms with Crippen LogP contribution in [-0.4, -0.2) is 25.8 Å². The molecule has 0 N–H and O–H groups in total. The highest BCUT2D eigenvalue weighted by Gasteiger charge is 2.12. The van der Waals surface area contributed by atoms with Gasteiger partial charge in [0.15, 0.2) is 0 Å². The van der Waals surface area contributed by atoms with E-state index < -0.39 is 5.97 Å². The van der Waals surface area contributed by atoms with E-state index in [1.54, 1.807) is 48.5 Å². The molecule has 0 atom stereocenters. The predicted molar refractivity (Wildman–Crippen MR) is 114 cm³/mol. The minimum absolute atomic E-state index is 0.251. The van der Waals surface area contributed by atoms with Crippen LogP contribution in [0.15, 0.2) is 61.2 Å². The Morgan fingerprint density at radius 2 is 1.67 bits per heavy atom. The van der Waals surface area contributed by atoms with E-state index in [9.17, 15) is 10.1 Å². The highest BCUT2D eigenvalue weighted by Crippen LogP contribution is 2.29. The van der Waals surface area contributed by atoms with Crippen LogP contribution < -0.4 is 9.47 Å². The van der Waals surface area contributed by atoms with Crippen molar-refractivity contribution in [1.29, 1.82) is 5.26 Å². The maximum Gasteiger partial charge on any atom is 0.330 e. The molecule has 0 aliphatic heterocycles. The molecule has 2 aromatic rings. The smallest absolute Gasteiger partial charge is 0.330 e. The number of hydrogen-bond donors (Lipinski definition) is 0. The highest BCUT2D eigenvalue weighted by molar-refractivity contribution is 5.99. The van der Waals surface area contributed by atoms with Gasteiger partial charge in [-0.25, -0.2) is 9.64 Å². The van der Waals surface area contributed by atoms with Crippen LogP contribution in [0.3, 0.4) is 0 Å². The van der Waals surface area contributed by atoms with E-state index in [0.717, 1.165) is 6.08 Å². The molecular formula is C24H22N2O4. The summed E-state index contributed by atoms with van der Waals surface area (Å²) in [5, 5.41) is 9.64. The molecule has 2 rings (SSSR count). The zero-order valence-corrected chi connectivity index (χ0v) is 16.8. The Morgan fingerprint density at radius 3 is 2.20 bits per heavy atom. The van der Waals surface area contributed by atoms with E-state index in [4.69, 9.17) is 20.8 Å². The fraction of sp³-hybridized carbons (Fsp3) is 0.208. The van der Waals surface area contributed by atoms with Crippen LogP contribution in [-0.2, 0) is 9.53 Å². The molecule has 2 aromatic carbocycles. The molecule has 0 amide bonds. The third-order valence-electron chi connectivity index (χ3n) is 4.01. The zero-order valence-electron chi connectivity index (χ0n) is 16.8. The molecule has 30 heavy (non-hydrogen) atoms. The van der Waals surface area contributed by atoms with Gasteiger partial charge in [-0.3, -0.25) is 0 Å². The lowest BCUT2D eigenvalue weighted by Gasteiger charge is -2.09. The number of carbonyl (C=O) groups is 1. The Hall–Kier alpha value is -4.03. The monoisotopic (exact) mass is 402 g/mol. The summed E-state index contributed by atoms with van der Waals surface area (Å²) in [5.41, 5.74) is 1.85. The Bertz CT molecular complexity index is 978. The second kappa shape index (κ2) is 11.7. The molecule has 0 saturated heterocycles. The lowest BCUT2D eigenvalue weighted by atomic mass is 10.0. The first kappa shape index (κ1) is 22.3. The van der Waals surface area contributed by atoms with Crippen molar-refractivity contribution in [3.05, 3.63) is 83.7 Å². The largest absolute Gasteiger partial charge is 0.494 e. The lowest BCUT2D eigenvalue weighted by molar-refractivity contribution is -0.137. The molecule has 0 unspecified atom stereocenters. The van der Waals surface area contributed by atoms with E-state index in [-0.39, 0.29) is 12.3 Å². The standard InChI is InChI=1S/C24H22N2O4/c1-4-23(27)30-16-6-15-29-21-13-9-19(10-14-21)24(26-3)22(17-25)18-7-11-20(12-8-18)28-5-2/h4,7-14H,1,5-6,15-16H2,2H3/b24-22-. The van der Waals surface area contributed by atoms with Crippen LogP contribution >= 0.6 is 0 Å². The van der Waals surface area contributed by atoms with Crippen LogP contribution in [0, 0.1) is 17.9 Å². The maximum atomic E-state index is 11.0. The molecule has 152 valence electrons. The summed E-state index contributed by atoms with van der Waals surface area (Å²) in [6, 6.07) is 16.2. The van der Waals surface area contributed by atoms with Crippen LogP contribution in [0.5, 0.6) is 11.5 Å². The summed E-state index contributed by atoms with van der Waals surface area (Å²) >= 11 is 0. The number of hydrogen-bond acceptors (Lipinski definition) is 5. The quantitative estimate of drug-likeness (QED) is 0.141. The summed E-state index contributed by atoms with van der Waals surface area (Å²) in [4.78, 5) is 14.5. The number of nitrogens with zero attached hydrogens (tertiary/aromatic N) is 2. The maximum absolute atomic E-state index is 11.0. The summed E-state index contributed by atoms with van der Waals surface area (Å²) in [6.45, 7) is 14.0. The summed E-state index contributed by atoms with van der Waals surface area (Å²) in [7, 11) is 0. The van der Waals surface area contributed by atoms with Gasteiger partial charge in [0, 0.05) is 12.5 Å². The normalized spacial score (nSPS) is 10.8. The number of esters is 1. The van der Waals surface area contributed by atoms with Gasteiger partial charge in [0.1, 0.15) is 11.5 Å². The first-order valence-corrected chi connectivity index (χ1v) is 9.40. The van der Waals surface area contributed by atoms with Crippen molar-refractivity contribution in [3.63, 3.8) is 0 Å². The first-order valence-electron chi connectivity index (χ1n) is 9.40. The van der Waals surface area contributed by atoms with Gasteiger partial charge in [-0.05, 0) is 42.3 Å². The molecule has 0 radical (unpaired) electrons. The molecule has 0 spiro atoms. The Balaban J connectivity index is 2.09. The van der Waals surface area contributed by atoms with Crippen LogP contribution in [0.2, 0.25) is 0 Å². The first-order chi connectivity index (χ1) is 14.6. The topological polar surface area (TPSA) is 72.9 Å². The van der Waals surface area contributed by atoms with Gasteiger partial charge in [-0.15, -0.1) is 0 Å². The Labute approximate surface area is 176 Å².